The van der Waals surface area contributed by atoms with Crippen LogP contribution in [0.5, 0.6) is 0 Å². The lowest BCUT2D eigenvalue weighted by Gasteiger charge is -2.27. The highest BCUT2D eigenvalue weighted by Gasteiger charge is 2.38. The summed E-state index contributed by atoms with van der Waals surface area (Å²) in [5.41, 5.74) is 4.31. The van der Waals surface area contributed by atoms with Crippen LogP contribution in [0.1, 0.15) is 17.5 Å². The van der Waals surface area contributed by atoms with E-state index >= 15 is 0 Å². The van der Waals surface area contributed by atoms with E-state index in [4.69, 9.17) is 11.6 Å². The van der Waals surface area contributed by atoms with Crippen LogP contribution in [0.25, 0.3) is 0 Å². The quantitative estimate of drug-likeness (QED) is 0.781. The zero-order valence-electron chi connectivity index (χ0n) is 13.9. The Morgan fingerprint density at radius 2 is 1.77 bits per heavy atom. The van der Waals surface area contributed by atoms with E-state index in [1.54, 1.807) is 0 Å². The number of rotatable bonds is 4. The van der Waals surface area contributed by atoms with Crippen LogP contribution in [0.3, 0.4) is 0 Å². The number of hydrogen-bond acceptors (Lipinski definition) is 2. The SMILES string of the molecule is O=C(NCCCN1c2ccccc2CCc2ccc(Cl)cc21)C(F)(F)F. The number of amides is 1. The highest BCUT2D eigenvalue weighted by molar-refractivity contribution is 6.30. The summed E-state index contributed by atoms with van der Waals surface area (Å²) < 4.78 is 36.9. The minimum atomic E-state index is -4.85. The standard InChI is InChI=1S/C19H18ClF3N2O/c20-15-9-8-14-7-6-13-4-1-2-5-16(13)25(17(14)12-15)11-3-10-24-18(26)19(21,22)23/h1-2,4-5,8-9,12H,3,6-7,10-11H2,(H,24,26). The Balaban J connectivity index is 1.79. The number of fused-ring (bicyclic) bond motifs is 2. The smallest absolute Gasteiger partial charge is 0.348 e. The van der Waals surface area contributed by atoms with Crippen molar-refractivity contribution in [3.8, 4) is 0 Å². The van der Waals surface area contributed by atoms with Crippen molar-refractivity contribution in [2.75, 3.05) is 18.0 Å². The summed E-state index contributed by atoms with van der Waals surface area (Å²) in [7, 11) is 0. The molecule has 0 atom stereocenters. The van der Waals surface area contributed by atoms with Gasteiger partial charge < -0.3 is 10.2 Å². The molecule has 2 aromatic carbocycles. The van der Waals surface area contributed by atoms with Gasteiger partial charge in [0.2, 0.25) is 0 Å². The third-order valence-corrected chi connectivity index (χ3v) is 4.62. The molecular weight excluding hydrogens is 365 g/mol. The molecule has 0 fully saturated rings. The van der Waals surface area contributed by atoms with Crippen molar-refractivity contribution in [3.05, 3.63) is 58.6 Å². The molecule has 0 bridgehead atoms. The van der Waals surface area contributed by atoms with Crippen molar-refractivity contribution in [2.45, 2.75) is 25.4 Å². The van der Waals surface area contributed by atoms with Crippen LogP contribution in [0.2, 0.25) is 5.02 Å². The minimum Gasteiger partial charge on any atom is -0.348 e. The summed E-state index contributed by atoms with van der Waals surface area (Å²) in [6.45, 7) is 0.426. The van der Waals surface area contributed by atoms with Crippen LogP contribution in [-0.4, -0.2) is 25.2 Å². The first kappa shape index (κ1) is 18.6. The molecule has 3 rings (SSSR count). The molecule has 1 N–H and O–H groups in total. The average Bonchev–Trinajstić information content (AvgIpc) is 2.74. The maximum absolute atomic E-state index is 12.3. The summed E-state index contributed by atoms with van der Waals surface area (Å²) in [6, 6.07) is 13.7. The number of anilines is 2. The van der Waals surface area contributed by atoms with E-state index in [1.165, 1.54) is 5.56 Å². The zero-order chi connectivity index (χ0) is 18.7. The molecule has 1 aliphatic rings. The van der Waals surface area contributed by atoms with E-state index in [9.17, 15) is 18.0 Å². The van der Waals surface area contributed by atoms with E-state index in [-0.39, 0.29) is 6.54 Å². The first-order valence-electron chi connectivity index (χ1n) is 8.35. The lowest BCUT2D eigenvalue weighted by Crippen LogP contribution is -2.38. The maximum Gasteiger partial charge on any atom is 0.471 e. The number of nitrogens with one attached hydrogen (secondary N) is 1. The number of hydrogen-bond donors (Lipinski definition) is 1. The Morgan fingerprint density at radius 1 is 1.08 bits per heavy atom. The Labute approximate surface area is 154 Å². The number of benzene rings is 2. The van der Waals surface area contributed by atoms with E-state index in [1.807, 2.05) is 41.7 Å². The molecule has 0 aliphatic carbocycles. The van der Waals surface area contributed by atoms with Crippen molar-refractivity contribution in [2.24, 2.45) is 0 Å². The molecule has 2 aromatic rings. The third kappa shape index (κ3) is 4.12. The number of halogens is 4. The molecule has 138 valence electrons. The van der Waals surface area contributed by atoms with Crippen LogP contribution in [-0.2, 0) is 17.6 Å². The summed E-state index contributed by atoms with van der Waals surface area (Å²) in [4.78, 5) is 13.0. The third-order valence-electron chi connectivity index (χ3n) is 4.39. The lowest BCUT2D eigenvalue weighted by molar-refractivity contribution is -0.173. The molecule has 0 unspecified atom stereocenters. The molecular formula is C19H18ClF3N2O. The monoisotopic (exact) mass is 382 g/mol. The molecule has 1 amide bonds. The maximum atomic E-state index is 12.3. The molecule has 0 saturated heterocycles. The first-order valence-corrected chi connectivity index (χ1v) is 8.73. The number of alkyl halides is 3. The fourth-order valence-electron chi connectivity index (χ4n) is 3.16. The molecule has 3 nitrogen and oxygen atoms in total. The minimum absolute atomic E-state index is 0.0487. The number of carbonyl (C=O) groups is 1. The van der Waals surface area contributed by atoms with E-state index in [0.29, 0.717) is 18.0 Å². The zero-order valence-corrected chi connectivity index (χ0v) is 14.7. The van der Waals surface area contributed by atoms with Crippen LogP contribution in [0.15, 0.2) is 42.5 Å². The fourth-order valence-corrected chi connectivity index (χ4v) is 3.33. The highest BCUT2D eigenvalue weighted by atomic mass is 35.5. The highest BCUT2D eigenvalue weighted by Crippen LogP contribution is 2.37. The largest absolute Gasteiger partial charge is 0.471 e. The second-order valence-electron chi connectivity index (χ2n) is 6.16. The van der Waals surface area contributed by atoms with Crippen LogP contribution >= 0.6 is 11.6 Å². The van der Waals surface area contributed by atoms with Gasteiger partial charge in [0.05, 0.1) is 0 Å². The Hall–Kier alpha value is -2.21. The van der Waals surface area contributed by atoms with Gasteiger partial charge in [-0.1, -0.05) is 35.9 Å². The molecule has 7 heteroatoms. The summed E-state index contributed by atoms with van der Waals surface area (Å²) >= 11 is 6.17. The van der Waals surface area contributed by atoms with Crippen molar-refractivity contribution in [1.29, 1.82) is 0 Å². The Kier molecular flexibility index (Phi) is 5.41. The predicted octanol–water partition coefficient (Wildman–Crippen LogP) is 4.65. The summed E-state index contributed by atoms with van der Waals surface area (Å²) in [5, 5.41) is 2.53. The Morgan fingerprint density at radius 3 is 2.50 bits per heavy atom. The number of para-hydroxylation sites is 1. The fraction of sp³-hybridized carbons (Fsp3) is 0.316. The van der Waals surface area contributed by atoms with E-state index < -0.39 is 12.1 Å². The van der Waals surface area contributed by atoms with Gasteiger partial charge in [-0.25, -0.2) is 0 Å². The van der Waals surface area contributed by atoms with Gasteiger partial charge in [0.15, 0.2) is 0 Å². The van der Waals surface area contributed by atoms with Gasteiger partial charge in [0.1, 0.15) is 0 Å². The van der Waals surface area contributed by atoms with E-state index in [2.05, 4.69) is 11.0 Å². The summed E-state index contributed by atoms with van der Waals surface area (Å²) in [5.74, 6) is -1.91. The first-order chi connectivity index (χ1) is 12.4. The lowest BCUT2D eigenvalue weighted by atomic mass is 10.0. The number of carbonyl (C=O) groups excluding carboxylic acids is 1. The molecule has 0 saturated carbocycles. The molecule has 1 aliphatic heterocycles. The van der Waals surface area contributed by atoms with Crippen LogP contribution in [0.4, 0.5) is 24.5 Å². The van der Waals surface area contributed by atoms with Crippen molar-refractivity contribution in [3.63, 3.8) is 0 Å². The van der Waals surface area contributed by atoms with Gasteiger partial charge in [-0.2, -0.15) is 13.2 Å². The molecule has 0 radical (unpaired) electrons. The summed E-state index contributed by atoms with van der Waals surface area (Å²) in [6.07, 6.45) is -2.73. The van der Waals surface area contributed by atoms with Gasteiger partial charge in [0.25, 0.3) is 0 Å². The van der Waals surface area contributed by atoms with Crippen molar-refractivity contribution in [1.82, 2.24) is 5.32 Å². The normalized spacial score (nSPS) is 13.6. The topological polar surface area (TPSA) is 32.3 Å². The van der Waals surface area contributed by atoms with Gasteiger partial charge >= 0.3 is 12.1 Å². The number of aryl methyl sites for hydroxylation is 2. The van der Waals surface area contributed by atoms with Crippen LogP contribution < -0.4 is 10.2 Å². The average molecular weight is 383 g/mol. The predicted molar refractivity (Wildman–Crippen MR) is 96.0 cm³/mol. The Bertz CT molecular complexity index is 808. The van der Waals surface area contributed by atoms with Crippen molar-refractivity contribution < 1.29 is 18.0 Å². The van der Waals surface area contributed by atoms with Gasteiger partial charge in [-0.3, -0.25) is 4.79 Å². The second kappa shape index (κ2) is 7.58. The van der Waals surface area contributed by atoms with Gasteiger partial charge in [0, 0.05) is 29.5 Å². The molecule has 1 heterocycles. The molecule has 26 heavy (non-hydrogen) atoms. The van der Waals surface area contributed by atoms with Crippen molar-refractivity contribution >= 4 is 28.9 Å². The number of nitrogens with zero attached hydrogens (tertiary/aromatic N) is 1. The molecule has 0 aromatic heterocycles. The molecule has 0 spiro atoms. The van der Waals surface area contributed by atoms with Crippen LogP contribution in [0, 0.1) is 0 Å². The second-order valence-corrected chi connectivity index (χ2v) is 6.60. The van der Waals surface area contributed by atoms with Gasteiger partial charge in [-0.05, 0) is 48.6 Å². The van der Waals surface area contributed by atoms with Gasteiger partial charge in [-0.15, -0.1) is 0 Å². The van der Waals surface area contributed by atoms with E-state index in [0.717, 1.165) is 29.8 Å².